The molecule has 1 heterocycles. The molecule has 1 N–H and O–H groups in total. The summed E-state index contributed by atoms with van der Waals surface area (Å²) in [6, 6.07) is 0.481. The van der Waals surface area contributed by atoms with E-state index in [1.165, 1.54) is 0 Å². The average molecular weight is 276 g/mol. The van der Waals surface area contributed by atoms with Crippen molar-refractivity contribution in [1.82, 2.24) is 9.62 Å². The van der Waals surface area contributed by atoms with Crippen LogP contribution in [0.4, 0.5) is 0 Å². The summed E-state index contributed by atoms with van der Waals surface area (Å²) in [4.78, 5) is 0. The van der Waals surface area contributed by atoms with E-state index in [4.69, 9.17) is 0 Å². The van der Waals surface area contributed by atoms with Crippen LogP contribution in [-0.4, -0.2) is 43.1 Å². The standard InChI is InChI=1S/C13H28N2O2S/c1-6-14-11(2)12-7-9-15(10-8-12)18(16,17)13(3,4)5/h11-12,14H,6-10H2,1-5H3. The normalized spacial score (nSPS) is 22.1. The first-order valence-corrected chi connectivity index (χ1v) is 8.37. The maximum atomic E-state index is 12.3. The zero-order valence-corrected chi connectivity index (χ0v) is 13.2. The molecular weight excluding hydrogens is 248 g/mol. The van der Waals surface area contributed by atoms with Gasteiger partial charge in [-0.15, -0.1) is 0 Å². The van der Waals surface area contributed by atoms with Gasteiger partial charge in [0.25, 0.3) is 0 Å². The van der Waals surface area contributed by atoms with E-state index in [9.17, 15) is 8.42 Å². The van der Waals surface area contributed by atoms with E-state index in [-0.39, 0.29) is 0 Å². The zero-order valence-electron chi connectivity index (χ0n) is 12.4. The summed E-state index contributed by atoms with van der Waals surface area (Å²) in [5, 5.41) is 3.43. The quantitative estimate of drug-likeness (QED) is 0.852. The highest BCUT2D eigenvalue weighted by atomic mass is 32.2. The van der Waals surface area contributed by atoms with E-state index in [0.717, 1.165) is 19.4 Å². The Morgan fingerprint density at radius 2 is 1.78 bits per heavy atom. The van der Waals surface area contributed by atoms with Crippen LogP contribution in [0.3, 0.4) is 0 Å². The smallest absolute Gasteiger partial charge is 0.219 e. The second-order valence-corrected chi connectivity index (χ2v) is 8.89. The number of hydrogen-bond acceptors (Lipinski definition) is 3. The molecule has 0 aromatic carbocycles. The molecule has 0 saturated carbocycles. The van der Waals surface area contributed by atoms with Gasteiger partial charge in [0, 0.05) is 19.1 Å². The van der Waals surface area contributed by atoms with E-state index >= 15 is 0 Å². The van der Waals surface area contributed by atoms with Crippen molar-refractivity contribution in [2.24, 2.45) is 5.92 Å². The molecule has 1 fully saturated rings. The van der Waals surface area contributed by atoms with Crippen molar-refractivity contribution in [1.29, 1.82) is 0 Å². The van der Waals surface area contributed by atoms with Gasteiger partial charge in [-0.2, -0.15) is 0 Å². The van der Waals surface area contributed by atoms with Gasteiger partial charge in [0.05, 0.1) is 4.75 Å². The van der Waals surface area contributed by atoms with E-state index in [1.807, 2.05) is 0 Å². The van der Waals surface area contributed by atoms with Gasteiger partial charge in [-0.25, -0.2) is 12.7 Å². The van der Waals surface area contributed by atoms with Crippen molar-refractivity contribution in [3.05, 3.63) is 0 Å². The van der Waals surface area contributed by atoms with Crippen LogP contribution in [0.25, 0.3) is 0 Å². The summed E-state index contributed by atoms with van der Waals surface area (Å²) in [6.07, 6.45) is 1.92. The molecule has 0 aromatic rings. The van der Waals surface area contributed by atoms with Gasteiger partial charge in [0.2, 0.25) is 10.0 Å². The number of sulfonamides is 1. The molecule has 0 radical (unpaired) electrons. The van der Waals surface area contributed by atoms with Crippen LogP contribution in [0.15, 0.2) is 0 Å². The number of piperidine rings is 1. The first kappa shape index (κ1) is 15.9. The van der Waals surface area contributed by atoms with Crippen LogP contribution in [0.1, 0.15) is 47.5 Å². The highest BCUT2D eigenvalue weighted by molar-refractivity contribution is 7.90. The third kappa shape index (κ3) is 3.45. The van der Waals surface area contributed by atoms with Gasteiger partial charge in [-0.1, -0.05) is 6.92 Å². The van der Waals surface area contributed by atoms with Gasteiger partial charge in [0.15, 0.2) is 0 Å². The molecule has 0 spiro atoms. The van der Waals surface area contributed by atoms with Crippen molar-refractivity contribution in [3.63, 3.8) is 0 Å². The van der Waals surface area contributed by atoms with Crippen molar-refractivity contribution < 1.29 is 8.42 Å². The molecule has 0 aromatic heterocycles. The van der Waals surface area contributed by atoms with E-state index in [1.54, 1.807) is 25.1 Å². The summed E-state index contributed by atoms with van der Waals surface area (Å²) < 4.78 is 25.6. The molecule has 0 aliphatic carbocycles. The van der Waals surface area contributed by atoms with Crippen LogP contribution < -0.4 is 5.32 Å². The highest BCUT2D eigenvalue weighted by Crippen LogP contribution is 2.27. The third-order valence-corrected chi connectivity index (χ3v) is 6.44. The minimum Gasteiger partial charge on any atom is -0.314 e. The first-order valence-electron chi connectivity index (χ1n) is 6.93. The minimum atomic E-state index is -3.15. The SMILES string of the molecule is CCNC(C)C1CCN(S(=O)(=O)C(C)(C)C)CC1. The summed E-state index contributed by atoms with van der Waals surface area (Å²) in [7, 11) is -3.15. The summed E-state index contributed by atoms with van der Waals surface area (Å²) in [5.74, 6) is 0.594. The molecule has 5 heteroatoms. The van der Waals surface area contributed by atoms with Crippen molar-refractivity contribution in [2.75, 3.05) is 19.6 Å². The van der Waals surface area contributed by atoms with Crippen molar-refractivity contribution >= 4 is 10.0 Å². The van der Waals surface area contributed by atoms with Crippen LogP contribution >= 0.6 is 0 Å². The molecule has 108 valence electrons. The van der Waals surface area contributed by atoms with Gasteiger partial charge < -0.3 is 5.32 Å². The molecule has 0 bridgehead atoms. The maximum Gasteiger partial charge on any atom is 0.219 e. The number of nitrogens with one attached hydrogen (secondary N) is 1. The molecule has 1 unspecified atom stereocenters. The first-order chi connectivity index (χ1) is 8.20. The van der Waals surface area contributed by atoms with Gasteiger partial charge >= 0.3 is 0 Å². The van der Waals surface area contributed by atoms with Crippen molar-refractivity contribution in [3.8, 4) is 0 Å². The predicted molar refractivity (Wildman–Crippen MR) is 76.1 cm³/mol. The topological polar surface area (TPSA) is 49.4 Å². The van der Waals surface area contributed by atoms with Crippen molar-refractivity contribution in [2.45, 2.75) is 58.2 Å². The summed E-state index contributed by atoms with van der Waals surface area (Å²) >= 11 is 0. The molecule has 18 heavy (non-hydrogen) atoms. The number of nitrogens with zero attached hydrogens (tertiary/aromatic N) is 1. The lowest BCUT2D eigenvalue weighted by molar-refractivity contribution is 0.230. The summed E-state index contributed by atoms with van der Waals surface area (Å²) in [5.41, 5.74) is 0. The van der Waals surface area contributed by atoms with Gasteiger partial charge in [0.1, 0.15) is 0 Å². The fourth-order valence-electron chi connectivity index (χ4n) is 2.49. The Hall–Kier alpha value is -0.130. The molecule has 4 nitrogen and oxygen atoms in total. The second kappa shape index (κ2) is 5.88. The molecular formula is C13H28N2O2S. The molecule has 1 rings (SSSR count). The van der Waals surface area contributed by atoms with E-state index < -0.39 is 14.8 Å². The molecule has 1 aliphatic heterocycles. The lowest BCUT2D eigenvalue weighted by atomic mass is 9.91. The Balaban J connectivity index is 2.60. The van der Waals surface area contributed by atoms with Crippen LogP contribution in [-0.2, 0) is 10.0 Å². The lowest BCUT2D eigenvalue weighted by Crippen LogP contribution is -2.48. The monoisotopic (exact) mass is 276 g/mol. The number of rotatable bonds is 4. The summed E-state index contributed by atoms with van der Waals surface area (Å²) in [6.45, 7) is 11.9. The molecule has 1 atom stereocenters. The van der Waals surface area contributed by atoms with Crippen LogP contribution in [0.5, 0.6) is 0 Å². The Morgan fingerprint density at radius 1 is 1.28 bits per heavy atom. The number of hydrogen-bond donors (Lipinski definition) is 1. The predicted octanol–water partition coefficient (Wildman–Crippen LogP) is 1.82. The van der Waals surface area contributed by atoms with E-state index in [0.29, 0.717) is 25.0 Å². The Kier molecular flexibility index (Phi) is 5.21. The molecule has 1 aliphatic rings. The average Bonchev–Trinajstić information content (AvgIpc) is 2.28. The fourth-order valence-corrected chi connectivity index (χ4v) is 3.96. The second-order valence-electron chi connectivity index (χ2n) is 6.20. The maximum absolute atomic E-state index is 12.3. The third-order valence-electron chi connectivity index (χ3n) is 3.85. The Bertz CT molecular complexity index is 352. The fraction of sp³-hybridized carbons (Fsp3) is 1.00. The molecule has 1 saturated heterocycles. The Labute approximate surface area is 112 Å². The minimum absolute atomic E-state index is 0.481. The van der Waals surface area contributed by atoms with Gasteiger partial charge in [-0.05, 0) is 53.0 Å². The zero-order chi connectivity index (χ0) is 14.0. The van der Waals surface area contributed by atoms with E-state index in [2.05, 4.69) is 19.2 Å². The Morgan fingerprint density at radius 3 is 2.17 bits per heavy atom. The van der Waals surface area contributed by atoms with Crippen LogP contribution in [0.2, 0.25) is 0 Å². The highest BCUT2D eigenvalue weighted by Gasteiger charge is 2.37. The molecule has 0 amide bonds. The van der Waals surface area contributed by atoms with Crippen LogP contribution in [0, 0.1) is 5.92 Å². The largest absolute Gasteiger partial charge is 0.314 e. The van der Waals surface area contributed by atoms with Gasteiger partial charge in [-0.3, -0.25) is 0 Å². The lowest BCUT2D eigenvalue weighted by Gasteiger charge is -2.37.